The lowest BCUT2D eigenvalue weighted by Gasteiger charge is -2.29. The van der Waals surface area contributed by atoms with E-state index in [1.165, 1.54) is 0 Å². The van der Waals surface area contributed by atoms with Crippen molar-refractivity contribution in [3.63, 3.8) is 0 Å². The van der Waals surface area contributed by atoms with Crippen molar-refractivity contribution in [1.82, 2.24) is 34.7 Å². The molecule has 1 N–H and O–H groups in total. The van der Waals surface area contributed by atoms with Gasteiger partial charge in [-0.3, -0.25) is 9.36 Å². The van der Waals surface area contributed by atoms with Crippen LogP contribution in [0, 0.1) is 0 Å². The van der Waals surface area contributed by atoms with Crippen LogP contribution in [0.2, 0.25) is 0 Å². The minimum atomic E-state index is 0.127. The highest BCUT2D eigenvalue weighted by molar-refractivity contribution is 5.93. The molecule has 0 radical (unpaired) electrons. The molecule has 10 nitrogen and oxygen atoms in total. The fourth-order valence-electron chi connectivity index (χ4n) is 4.42. The van der Waals surface area contributed by atoms with Gasteiger partial charge in [0.2, 0.25) is 5.88 Å². The minimum Gasteiger partial charge on any atom is -0.473 e. The van der Waals surface area contributed by atoms with Crippen LogP contribution in [-0.4, -0.2) is 62.0 Å². The molecule has 0 atom stereocenters. The van der Waals surface area contributed by atoms with Crippen LogP contribution in [0.4, 0.5) is 11.5 Å². The van der Waals surface area contributed by atoms with Gasteiger partial charge in [-0.25, -0.2) is 4.98 Å². The van der Waals surface area contributed by atoms with Crippen molar-refractivity contribution in [2.45, 2.75) is 37.8 Å². The molecule has 0 bridgehead atoms. The van der Waals surface area contributed by atoms with Crippen LogP contribution < -0.4 is 15.0 Å². The van der Waals surface area contributed by atoms with E-state index in [-0.39, 0.29) is 6.10 Å². The summed E-state index contributed by atoms with van der Waals surface area (Å²) in [4.78, 5) is 6.52. The molecule has 0 amide bonds. The van der Waals surface area contributed by atoms with Crippen LogP contribution in [-0.2, 0) is 7.05 Å². The number of aryl methyl sites for hydroxylation is 1. The molecule has 1 fully saturated rings. The summed E-state index contributed by atoms with van der Waals surface area (Å²) < 4.78 is 10.1. The van der Waals surface area contributed by atoms with E-state index < -0.39 is 0 Å². The molecule has 0 aliphatic heterocycles. The molecule has 1 saturated carbocycles. The molecule has 4 aromatic heterocycles. The highest BCUT2D eigenvalue weighted by Gasteiger charge is 2.27. The normalized spacial score (nSPS) is 18.4. The Morgan fingerprint density at radius 1 is 1.09 bits per heavy atom. The maximum atomic E-state index is 6.17. The van der Waals surface area contributed by atoms with E-state index in [0.29, 0.717) is 11.9 Å². The minimum absolute atomic E-state index is 0.127. The zero-order valence-corrected chi connectivity index (χ0v) is 19.4. The number of nitrogens with one attached hydrogen (secondary N) is 1. The highest BCUT2D eigenvalue weighted by Crippen LogP contribution is 2.36. The lowest BCUT2D eigenvalue weighted by molar-refractivity contribution is 0.124. The van der Waals surface area contributed by atoms with Crippen LogP contribution in [0.15, 0.2) is 36.9 Å². The number of hydrogen-bond donors (Lipinski definition) is 1. The summed E-state index contributed by atoms with van der Waals surface area (Å²) in [5.74, 6) is 1.41. The van der Waals surface area contributed by atoms with Gasteiger partial charge >= 0.3 is 0 Å². The van der Waals surface area contributed by atoms with Crippen molar-refractivity contribution >= 4 is 22.4 Å². The molecule has 0 spiro atoms. The first kappa shape index (κ1) is 21.2. The van der Waals surface area contributed by atoms with Crippen molar-refractivity contribution in [1.29, 1.82) is 0 Å². The molecular formula is C23H29N9O. The molecule has 0 saturated heterocycles. The zero-order valence-electron chi connectivity index (χ0n) is 19.4. The van der Waals surface area contributed by atoms with Gasteiger partial charge in [0.05, 0.1) is 29.6 Å². The first-order valence-corrected chi connectivity index (χ1v) is 11.2. The van der Waals surface area contributed by atoms with E-state index in [1.807, 2.05) is 57.7 Å². The molecule has 1 aliphatic carbocycles. The lowest BCUT2D eigenvalue weighted by Crippen LogP contribution is -2.26. The highest BCUT2D eigenvalue weighted by atomic mass is 16.5. The summed E-state index contributed by atoms with van der Waals surface area (Å²) in [6.45, 7) is 0. The third-order valence-corrected chi connectivity index (χ3v) is 6.24. The van der Waals surface area contributed by atoms with Crippen LogP contribution in [0.5, 0.6) is 5.88 Å². The molecule has 10 heteroatoms. The van der Waals surface area contributed by atoms with Crippen molar-refractivity contribution < 1.29 is 4.74 Å². The maximum Gasteiger partial charge on any atom is 0.235 e. The SMILES string of the molecule is CNc1cc2c(cn1)c(-c1cnn(C)c1)nn2[C@H]1CC[C@@H](Oc2cc(N(C)C)cnn2)CC1. The van der Waals surface area contributed by atoms with Gasteiger partial charge in [-0.15, -0.1) is 5.10 Å². The average molecular weight is 448 g/mol. The molecule has 5 rings (SSSR count). The topological polar surface area (TPSA) is 98.8 Å². The van der Waals surface area contributed by atoms with E-state index in [0.717, 1.165) is 59.3 Å². The number of fused-ring (bicyclic) bond motifs is 1. The Labute approximate surface area is 192 Å². The predicted octanol–water partition coefficient (Wildman–Crippen LogP) is 3.29. The first-order valence-electron chi connectivity index (χ1n) is 11.2. The van der Waals surface area contributed by atoms with Crippen LogP contribution >= 0.6 is 0 Å². The van der Waals surface area contributed by atoms with Gasteiger partial charge < -0.3 is 15.0 Å². The number of pyridine rings is 1. The van der Waals surface area contributed by atoms with Gasteiger partial charge in [0, 0.05) is 63.7 Å². The van der Waals surface area contributed by atoms with Gasteiger partial charge in [-0.2, -0.15) is 15.3 Å². The van der Waals surface area contributed by atoms with Crippen molar-refractivity contribution in [2.24, 2.45) is 7.05 Å². The predicted molar refractivity (Wildman–Crippen MR) is 128 cm³/mol. The number of hydrogen-bond acceptors (Lipinski definition) is 8. The Balaban J connectivity index is 1.37. The molecule has 172 valence electrons. The Hall–Kier alpha value is -3.69. The fraction of sp³-hybridized carbons (Fsp3) is 0.435. The van der Waals surface area contributed by atoms with Crippen LogP contribution in [0.3, 0.4) is 0 Å². The molecule has 1 aliphatic rings. The Bertz CT molecular complexity index is 1250. The standard InChI is InChI=1S/C23H29N9O/c1-24-21-10-20-19(13-25-21)23(15-11-27-31(4)14-15)29-32(20)16-5-7-18(8-6-16)33-22-9-17(30(2)3)12-26-28-22/h9-14,16,18H,5-8H2,1-4H3,(H,24,25)/t16-,18+. The van der Waals surface area contributed by atoms with Gasteiger partial charge in [-0.1, -0.05) is 0 Å². The Morgan fingerprint density at radius 3 is 2.61 bits per heavy atom. The van der Waals surface area contributed by atoms with E-state index in [2.05, 4.69) is 36.3 Å². The van der Waals surface area contributed by atoms with Crippen LogP contribution in [0.1, 0.15) is 31.7 Å². The second kappa shape index (κ2) is 8.68. The zero-order chi connectivity index (χ0) is 22.9. The summed E-state index contributed by atoms with van der Waals surface area (Å²) in [7, 11) is 7.76. The second-order valence-electron chi connectivity index (χ2n) is 8.73. The Morgan fingerprint density at radius 2 is 1.91 bits per heavy atom. The van der Waals surface area contributed by atoms with Gasteiger partial charge in [-0.05, 0) is 25.7 Å². The fourth-order valence-corrected chi connectivity index (χ4v) is 4.42. The van der Waals surface area contributed by atoms with E-state index in [4.69, 9.17) is 9.84 Å². The monoisotopic (exact) mass is 447 g/mol. The van der Waals surface area contributed by atoms with Crippen molar-refractivity contribution in [3.8, 4) is 17.1 Å². The maximum absolute atomic E-state index is 6.17. The van der Waals surface area contributed by atoms with E-state index >= 15 is 0 Å². The number of nitrogens with zero attached hydrogens (tertiary/aromatic N) is 8. The second-order valence-corrected chi connectivity index (χ2v) is 8.73. The molecule has 0 aromatic carbocycles. The summed E-state index contributed by atoms with van der Waals surface area (Å²) in [5, 5.41) is 21.8. The summed E-state index contributed by atoms with van der Waals surface area (Å²) >= 11 is 0. The third-order valence-electron chi connectivity index (χ3n) is 6.24. The quantitative estimate of drug-likeness (QED) is 0.481. The smallest absolute Gasteiger partial charge is 0.235 e. The number of rotatable bonds is 6. The summed E-state index contributed by atoms with van der Waals surface area (Å²) in [6.07, 6.45) is 11.4. The molecule has 33 heavy (non-hydrogen) atoms. The molecule has 4 aromatic rings. The van der Waals surface area contributed by atoms with Crippen LogP contribution in [0.25, 0.3) is 22.2 Å². The van der Waals surface area contributed by atoms with E-state index in [1.54, 1.807) is 10.9 Å². The van der Waals surface area contributed by atoms with E-state index in [9.17, 15) is 0 Å². The number of ether oxygens (including phenoxy) is 1. The van der Waals surface area contributed by atoms with Gasteiger partial charge in [0.15, 0.2) is 0 Å². The third kappa shape index (κ3) is 4.20. The Kier molecular flexibility index (Phi) is 5.57. The summed E-state index contributed by atoms with van der Waals surface area (Å²) in [5.41, 5.74) is 3.98. The molecular weight excluding hydrogens is 418 g/mol. The number of aromatic nitrogens is 7. The largest absolute Gasteiger partial charge is 0.473 e. The van der Waals surface area contributed by atoms with Crippen molar-refractivity contribution in [3.05, 3.63) is 36.9 Å². The van der Waals surface area contributed by atoms with Gasteiger partial charge in [0.1, 0.15) is 17.6 Å². The lowest BCUT2D eigenvalue weighted by atomic mass is 9.93. The molecule has 4 heterocycles. The first-order chi connectivity index (χ1) is 16.0. The van der Waals surface area contributed by atoms with Gasteiger partial charge in [0.25, 0.3) is 0 Å². The number of anilines is 2. The van der Waals surface area contributed by atoms with Crippen molar-refractivity contribution in [2.75, 3.05) is 31.4 Å². The summed E-state index contributed by atoms with van der Waals surface area (Å²) in [6, 6.07) is 4.31. The average Bonchev–Trinajstić information content (AvgIpc) is 3.43. The molecule has 0 unspecified atom stereocenters.